The maximum Gasteiger partial charge on any atom is 0.181 e. The van der Waals surface area contributed by atoms with Crippen LogP contribution in [0.25, 0.3) is 11.2 Å². The molecule has 3 N–H and O–H groups in total. The second-order valence-corrected chi connectivity index (χ2v) is 5.89. The van der Waals surface area contributed by atoms with Gasteiger partial charge in [0, 0.05) is 24.2 Å². The molecular weight excluding hydrogens is 278 g/mol. The van der Waals surface area contributed by atoms with Crippen molar-refractivity contribution in [2.24, 2.45) is 0 Å². The van der Waals surface area contributed by atoms with Gasteiger partial charge < -0.3 is 10.7 Å². The van der Waals surface area contributed by atoms with Crippen LogP contribution < -0.4 is 5.73 Å². The number of fused-ring (bicyclic) bond motifs is 1. The van der Waals surface area contributed by atoms with Crippen molar-refractivity contribution in [2.75, 3.05) is 5.73 Å². The number of nitrogens with two attached hydrogens (primary N) is 1. The van der Waals surface area contributed by atoms with Gasteiger partial charge >= 0.3 is 0 Å². The first-order valence-corrected chi connectivity index (χ1v) is 7.27. The van der Waals surface area contributed by atoms with Crippen LogP contribution >= 0.6 is 0 Å². The van der Waals surface area contributed by atoms with Crippen molar-refractivity contribution in [2.45, 2.75) is 39.0 Å². The van der Waals surface area contributed by atoms with Gasteiger partial charge in [0.1, 0.15) is 17.2 Å². The molecule has 0 saturated heterocycles. The summed E-state index contributed by atoms with van der Waals surface area (Å²) in [5.74, 6) is 1.19. The van der Waals surface area contributed by atoms with Gasteiger partial charge in [0.2, 0.25) is 0 Å². The second kappa shape index (κ2) is 5.32. The van der Waals surface area contributed by atoms with Crippen LogP contribution in [0.1, 0.15) is 38.0 Å². The van der Waals surface area contributed by atoms with E-state index >= 15 is 0 Å². The predicted octanol–water partition coefficient (Wildman–Crippen LogP) is 1.81. The number of aromatic nitrogens is 6. The van der Waals surface area contributed by atoms with E-state index in [2.05, 4.69) is 50.7 Å². The predicted molar refractivity (Wildman–Crippen MR) is 84.2 cm³/mol. The first-order valence-electron chi connectivity index (χ1n) is 7.27. The Kier molecular flexibility index (Phi) is 3.48. The zero-order valence-electron chi connectivity index (χ0n) is 13.0. The minimum Gasteiger partial charge on any atom is -0.382 e. The number of aromatic amines is 1. The molecule has 3 heterocycles. The Morgan fingerprint density at radius 2 is 1.91 bits per heavy atom. The molecule has 0 aliphatic carbocycles. The third-order valence-corrected chi connectivity index (χ3v) is 3.71. The van der Waals surface area contributed by atoms with Gasteiger partial charge in [0.25, 0.3) is 0 Å². The molecule has 0 atom stereocenters. The molecule has 0 radical (unpaired) electrons. The monoisotopic (exact) mass is 297 g/mol. The quantitative estimate of drug-likeness (QED) is 0.760. The minimum atomic E-state index is -0.312. The van der Waals surface area contributed by atoms with Crippen molar-refractivity contribution in [1.29, 1.82) is 0 Å². The molecule has 0 aliphatic heterocycles. The Labute approximate surface area is 128 Å². The number of aryl methyl sites for hydroxylation is 1. The van der Waals surface area contributed by atoms with Crippen molar-refractivity contribution in [3.8, 4) is 0 Å². The summed E-state index contributed by atoms with van der Waals surface area (Å²) in [6.45, 7) is 6.20. The molecule has 0 saturated carbocycles. The van der Waals surface area contributed by atoms with Crippen molar-refractivity contribution in [1.82, 2.24) is 29.9 Å². The lowest BCUT2D eigenvalue weighted by atomic mass is 9.85. The number of nitrogens with one attached hydrogen (secondary N) is 1. The number of nitrogen functional groups attached to an aromatic ring is 1. The van der Waals surface area contributed by atoms with Crippen molar-refractivity contribution in [3.05, 3.63) is 35.9 Å². The molecule has 3 aromatic rings. The zero-order valence-corrected chi connectivity index (χ0v) is 13.0. The van der Waals surface area contributed by atoms with E-state index in [0.717, 1.165) is 29.1 Å². The lowest BCUT2D eigenvalue weighted by Crippen LogP contribution is -2.25. The van der Waals surface area contributed by atoms with Crippen LogP contribution in [0.3, 0.4) is 0 Å². The van der Waals surface area contributed by atoms with Gasteiger partial charge in [-0.3, -0.25) is 4.98 Å². The molecule has 0 aliphatic rings. The molecule has 0 fully saturated rings. The molecule has 3 rings (SSSR count). The normalized spacial score (nSPS) is 12.0. The van der Waals surface area contributed by atoms with Gasteiger partial charge in [-0.15, -0.1) is 0 Å². The van der Waals surface area contributed by atoms with Crippen LogP contribution in [0.5, 0.6) is 0 Å². The van der Waals surface area contributed by atoms with E-state index in [9.17, 15) is 0 Å². The minimum absolute atomic E-state index is 0.312. The lowest BCUT2D eigenvalue weighted by molar-refractivity contribution is 0.491. The molecule has 7 heteroatoms. The Balaban J connectivity index is 2.00. The Morgan fingerprint density at radius 1 is 1.14 bits per heavy atom. The second-order valence-electron chi connectivity index (χ2n) is 5.89. The molecule has 0 unspecified atom stereocenters. The first kappa shape index (κ1) is 14.4. The number of hydrogen-bond acceptors (Lipinski definition) is 6. The standard InChI is InChI=1S/C15H19N7/c1-4-9-11-14(20-8-19-11)22-10(21-9)7-15(2,3)12-13(16)18-6-5-17-12/h5-6,8H,4,7H2,1-3H3,(H2,16,18)(H,19,20,21,22). The number of hydrogen-bond donors (Lipinski definition) is 2. The largest absolute Gasteiger partial charge is 0.382 e. The number of anilines is 1. The van der Waals surface area contributed by atoms with Crippen molar-refractivity contribution >= 4 is 17.0 Å². The highest BCUT2D eigenvalue weighted by molar-refractivity contribution is 5.72. The third-order valence-electron chi connectivity index (χ3n) is 3.71. The number of rotatable bonds is 4. The maximum atomic E-state index is 5.96. The van der Waals surface area contributed by atoms with Gasteiger partial charge in [-0.1, -0.05) is 20.8 Å². The van der Waals surface area contributed by atoms with Crippen LogP contribution in [0.4, 0.5) is 5.82 Å². The molecular formula is C15H19N7. The van der Waals surface area contributed by atoms with E-state index in [1.54, 1.807) is 18.7 Å². The summed E-state index contributed by atoms with van der Waals surface area (Å²) < 4.78 is 0. The van der Waals surface area contributed by atoms with E-state index in [0.29, 0.717) is 17.9 Å². The summed E-state index contributed by atoms with van der Waals surface area (Å²) in [5, 5.41) is 0. The van der Waals surface area contributed by atoms with E-state index in [1.807, 2.05) is 0 Å². The topological polar surface area (TPSA) is 106 Å². The summed E-state index contributed by atoms with van der Waals surface area (Å²) in [7, 11) is 0. The Morgan fingerprint density at radius 3 is 2.64 bits per heavy atom. The fourth-order valence-electron chi connectivity index (χ4n) is 2.63. The molecule has 3 aromatic heterocycles. The highest BCUT2D eigenvalue weighted by Gasteiger charge is 2.27. The average molecular weight is 297 g/mol. The average Bonchev–Trinajstić information content (AvgIpc) is 2.94. The lowest BCUT2D eigenvalue weighted by Gasteiger charge is -2.24. The molecule has 22 heavy (non-hydrogen) atoms. The van der Waals surface area contributed by atoms with E-state index in [1.165, 1.54) is 0 Å². The van der Waals surface area contributed by atoms with E-state index in [-0.39, 0.29) is 5.41 Å². The SMILES string of the molecule is CCc1nc(CC(C)(C)c2nccnc2N)nc2nc[nH]c12. The molecule has 0 aromatic carbocycles. The van der Waals surface area contributed by atoms with Crippen LogP contribution in [0.15, 0.2) is 18.7 Å². The third kappa shape index (κ3) is 2.49. The summed E-state index contributed by atoms with van der Waals surface area (Å²) in [6.07, 6.45) is 6.33. The van der Waals surface area contributed by atoms with Crippen LogP contribution in [0, 0.1) is 0 Å². The van der Waals surface area contributed by atoms with Crippen LogP contribution in [-0.4, -0.2) is 29.9 Å². The Bertz CT molecular complexity index is 807. The van der Waals surface area contributed by atoms with Gasteiger partial charge in [-0.2, -0.15) is 0 Å². The number of H-pyrrole nitrogens is 1. The van der Waals surface area contributed by atoms with E-state index in [4.69, 9.17) is 5.73 Å². The molecule has 0 bridgehead atoms. The van der Waals surface area contributed by atoms with Gasteiger partial charge in [0.05, 0.1) is 17.7 Å². The summed E-state index contributed by atoms with van der Waals surface area (Å²) in [6, 6.07) is 0. The summed E-state index contributed by atoms with van der Waals surface area (Å²) in [4.78, 5) is 25.0. The summed E-state index contributed by atoms with van der Waals surface area (Å²) in [5.41, 5.74) is 8.99. The van der Waals surface area contributed by atoms with Crippen molar-refractivity contribution in [3.63, 3.8) is 0 Å². The Hall–Kier alpha value is -2.57. The molecule has 114 valence electrons. The van der Waals surface area contributed by atoms with Gasteiger partial charge in [-0.05, 0) is 6.42 Å². The summed E-state index contributed by atoms with van der Waals surface area (Å²) >= 11 is 0. The van der Waals surface area contributed by atoms with Gasteiger partial charge in [0.15, 0.2) is 5.65 Å². The van der Waals surface area contributed by atoms with Gasteiger partial charge in [-0.25, -0.2) is 19.9 Å². The highest BCUT2D eigenvalue weighted by atomic mass is 15.0. The zero-order chi connectivity index (χ0) is 15.7. The highest BCUT2D eigenvalue weighted by Crippen LogP contribution is 2.28. The van der Waals surface area contributed by atoms with Crippen LogP contribution in [0.2, 0.25) is 0 Å². The molecule has 0 amide bonds. The fourth-order valence-corrected chi connectivity index (χ4v) is 2.63. The maximum absolute atomic E-state index is 5.96. The number of imidazole rings is 1. The number of nitrogens with zero attached hydrogens (tertiary/aromatic N) is 5. The molecule has 7 nitrogen and oxygen atoms in total. The first-order chi connectivity index (χ1) is 10.5. The van der Waals surface area contributed by atoms with Crippen molar-refractivity contribution < 1.29 is 0 Å². The van der Waals surface area contributed by atoms with E-state index < -0.39 is 0 Å². The van der Waals surface area contributed by atoms with Crippen LogP contribution in [-0.2, 0) is 18.3 Å². The smallest absolute Gasteiger partial charge is 0.181 e. The molecule has 0 spiro atoms. The fraction of sp³-hybridized carbons (Fsp3) is 0.400.